The Balaban J connectivity index is 1.81. The molecule has 0 radical (unpaired) electrons. The quantitative estimate of drug-likeness (QED) is 0.703. The fourth-order valence-electron chi connectivity index (χ4n) is 2.48. The lowest BCUT2D eigenvalue weighted by atomic mass is 10.0. The van der Waals surface area contributed by atoms with E-state index < -0.39 is 24.4 Å². The van der Waals surface area contributed by atoms with Crippen molar-refractivity contribution in [1.82, 2.24) is 5.32 Å². The Kier molecular flexibility index (Phi) is 7.56. The van der Waals surface area contributed by atoms with E-state index in [1.54, 1.807) is 24.3 Å². The molecule has 0 unspecified atom stereocenters. The molecule has 0 aliphatic rings. The first-order chi connectivity index (χ1) is 13.4. The van der Waals surface area contributed by atoms with E-state index in [9.17, 15) is 14.4 Å². The summed E-state index contributed by atoms with van der Waals surface area (Å²) >= 11 is 0. The third-order valence-corrected chi connectivity index (χ3v) is 3.86. The Morgan fingerprint density at radius 1 is 0.929 bits per heavy atom. The molecule has 7 nitrogen and oxygen atoms in total. The Hall–Kier alpha value is -3.35. The van der Waals surface area contributed by atoms with E-state index in [1.165, 1.54) is 13.2 Å². The molecule has 0 heterocycles. The van der Waals surface area contributed by atoms with Crippen LogP contribution in [0, 0.1) is 0 Å². The molecule has 0 atom stereocenters. The van der Waals surface area contributed by atoms with Crippen molar-refractivity contribution in [2.24, 2.45) is 0 Å². The van der Waals surface area contributed by atoms with E-state index in [1.807, 2.05) is 32.0 Å². The van der Waals surface area contributed by atoms with E-state index in [4.69, 9.17) is 14.2 Å². The van der Waals surface area contributed by atoms with Crippen molar-refractivity contribution in [1.29, 1.82) is 0 Å². The molecule has 1 N–H and O–H groups in total. The van der Waals surface area contributed by atoms with Gasteiger partial charge in [0.2, 0.25) is 0 Å². The van der Waals surface area contributed by atoms with Crippen molar-refractivity contribution < 1.29 is 28.6 Å². The third-order valence-electron chi connectivity index (χ3n) is 3.86. The van der Waals surface area contributed by atoms with Crippen molar-refractivity contribution in [3.8, 4) is 11.5 Å². The predicted molar refractivity (Wildman–Crippen MR) is 102 cm³/mol. The summed E-state index contributed by atoms with van der Waals surface area (Å²) in [5, 5.41) is 2.15. The van der Waals surface area contributed by atoms with Crippen molar-refractivity contribution >= 4 is 17.8 Å². The topological polar surface area (TPSA) is 90.9 Å². The van der Waals surface area contributed by atoms with Crippen LogP contribution in [0.3, 0.4) is 0 Å². The van der Waals surface area contributed by atoms with Crippen LogP contribution in [0.1, 0.15) is 35.7 Å². The SMILES string of the molecule is COc1ccccc1C(=O)NC(=O)COC(=O)COc1ccccc1C(C)C. The summed E-state index contributed by atoms with van der Waals surface area (Å²) in [6, 6.07) is 13.9. The Morgan fingerprint density at radius 2 is 1.57 bits per heavy atom. The van der Waals surface area contributed by atoms with Gasteiger partial charge in [0, 0.05) is 0 Å². The third kappa shape index (κ3) is 5.84. The minimum absolute atomic E-state index is 0.207. The normalized spacial score (nSPS) is 10.3. The zero-order chi connectivity index (χ0) is 20.5. The van der Waals surface area contributed by atoms with Gasteiger partial charge in [0.15, 0.2) is 13.2 Å². The second-order valence-corrected chi connectivity index (χ2v) is 6.22. The summed E-state index contributed by atoms with van der Waals surface area (Å²) in [5.41, 5.74) is 1.17. The molecule has 0 saturated heterocycles. The number of benzene rings is 2. The first-order valence-corrected chi connectivity index (χ1v) is 8.77. The fourth-order valence-corrected chi connectivity index (χ4v) is 2.48. The van der Waals surface area contributed by atoms with Crippen LogP contribution < -0.4 is 14.8 Å². The number of imide groups is 1. The second-order valence-electron chi connectivity index (χ2n) is 6.22. The van der Waals surface area contributed by atoms with E-state index in [-0.39, 0.29) is 18.1 Å². The maximum Gasteiger partial charge on any atom is 0.344 e. The lowest BCUT2D eigenvalue weighted by Gasteiger charge is -2.13. The van der Waals surface area contributed by atoms with Gasteiger partial charge < -0.3 is 14.2 Å². The number of rotatable bonds is 8. The maximum atomic E-state index is 12.1. The molecule has 0 aliphatic carbocycles. The molecule has 2 aromatic carbocycles. The standard InChI is InChI=1S/C21H23NO6/c1-14(2)15-8-4-7-11-18(15)27-13-20(24)28-12-19(23)22-21(25)16-9-5-6-10-17(16)26-3/h4-11,14H,12-13H2,1-3H3,(H,22,23,25). The van der Waals surface area contributed by atoms with Crippen molar-refractivity contribution in [3.05, 3.63) is 59.7 Å². The van der Waals surface area contributed by atoms with Crippen molar-refractivity contribution in [2.45, 2.75) is 19.8 Å². The van der Waals surface area contributed by atoms with Gasteiger partial charge in [-0.15, -0.1) is 0 Å². The first-order valence-electron chi connectivity index (χ1n) is 8.77. The molecule has 28 heavy (non-hydrogen) atoms. The van der Waals surface area contributed by atoms with Crippen LogP contribution in [0.15, 0.2) is 48.5 Å². The predicted octanol–water partition coefficient (Wildman–Crippen LogP) is 2.70. The molecule has 0 bridgehead atoms. The van der Waals surface area contributed by atoms with Gasteiger partial charge in [-0.25, -0.2) is 4.79 Å². The monoisotopic (exact) mass is 385 g/mol. The second kappa shape index (κ2) is 10.1. The lowest BCUT2D eigenvalue weighted by molar-refractivity contribution is -0.150. The van der Waals surface area contributed by atoms with Crippen molar-refractivity contribution in [2.75, 3.05) is 20.3 Å². The summed E-state index contributed by atoms with van der Waals surface area (Å²) in [7, 11) is 1.42. The number of carbonyl (C=O) groups is 3. The highest BCUT2D eigenvalue weighted by Gasteiger charge is 2.16. The highest BCUT2D eigenvalue weighted by Crippen LogP contribution is 2.25. The molecular weight excluding hydrogens is 362 g/mol. The molecular formula is C21H23NO6. The number of carbonyl (C=O) groups excluding carboxylic acids is 3. The fraction of sp³-hybridized carbons (Fsp3) is 0.286. The summed E-state index contributed by atoms with van der Waals surface area (Å²) < 4.78 is 15.4. The van der Waals surface area contributed by atoms with Gasteiger partial charge in [0.05, 0.1) is 12.7 Å². The zero-order valence-electron chi connectivity index (χ0n) is 16.1. The Morgan fingerprint density at radius 3 is 2.25 bits per heavy atom. The number of hydrogen-bond acceptors (Lipinski definition) is 6. The highest BCUT2D eigenvalue weighted by atomic mass is 16.6. The van der Waals surface area contributed by atoms with E-state index in [0.29, 0.717) is 11.5 Å². The van der Waals surface area contributed by atoms with Crippen LogP contribution in [0.4, 0.5) is 0 Å². The Bertz CT molecular complexity index is 846. The van der Waals surface area contributed by atoms with Crippen LogP contribution in [-0.2, 0) is 14.3 Å². The number of ether oxygens (including phenoxy) is 3. The van der Waals surface area contributed by atoms with Gasteiger partial charge >= 0.3 is 5.97 Å². The molecule has 2 amide bonds. The molecule has 2 aromatic rings. The van der Waals surface area contributed by atoms with Crippen LogP contribution in [0.25, 0.3) is 0 Å². The van der Waals surface area contributed by atoms with Gasteiger partial charge in [-0.2, -0.15) is 0 Å². The zero-order valence-corrected chi connectivity index (χ0v) is 16.1. The lowest BCUT2D eigenvalue weighted by Crippen LogP contribution is -2.34. The minimum Gasteiger partial charge on any atom is -0.496 e. The van der Waals surface area contributed by atoms with Crippen LogP contribution in [0.2, 0.25) is 0 Å². The number of nitrogens with one attached hydrogen (secondary N) is 1. The van der Waals surface area contributed by atoms with Gasteiger partial charge in [-0.3, -0.25) is 14.9 Å². The number of esters is 1. The molecule has 7 heteroatoms. The number of amides is 2. The Labute approximate surface area is 163 Å². The summed E-state index contributed by atoms with van der Waals surface area (Å²) in [6.45, 7) is 3.11. The molecule has 0 fully saturated rings. The number of methoxy groups -OCH3 is 1. The molecule has 148 valence electrons. The minimum atomic E-state index is -0.744. The maximum absolute atomic E-state index is 12.1. The van der Waals surface area contributed by atoms with Crippen LogP contribution in [0.5, 0.6) is 11.5 Å². The number of para-hydroxylation sites is 2. The van der Waals surface area contributed by atoms with E-state index in [2.05, 4.69) is 5.32 Å². The van der Waals surface area contributed by atoms with E-state index >= 15 is 0 Å². The molecule has 0 spiro atoms. The first kappa shape index (κ1) is 21.0. The number of hydrogen-bond donors (Lipinski definition) is 1. The van der Waals surface area contributed by atoms with Gasteiger partial charge in [-0.05, 0) is 29.7 Å². The smallest absolute Gasteiger partial charge is 0.344 e. The van der Waals surface area contributed by atoms with Gasteiger partial charge in [0.25, 0.3) is 11.8 Å². The van der Waals surface area contributed by atoms with Gasteiger partial charge in [-0.1, -0.05) is 44.2 Å². The van der Waals surface area contributed by atoms with E-state index in [0.717, 1.165) is 5.56 Å². The molecule has 2 rings (SSSR count). The van der Waals surface area contributed by atoms with Crippen LogP contribution in [-0.4, -0.2) is 38.1 Å². The molecule has 0 aliphatic heterocycles. The largest absolute Gasteiger partial charge is 0.496 e. The van der Waals surface area contributed by atoms with Crippen molar-refractivity contribution in [3.63, 3.8) is 0 Å². The summed E-state index contributed by atoms with van der Waals surface area (Å²) in [6.07, 6.45) is 0. The molecule has 0 aromatic heterocycles. The highest BCUT2D eigenvalue weighted by molar-refractivity contribution is 6.06. The average Bonchev–Trinajstić information content (AvgIpc) is 2.70. The summed E-state index contributed by atoms with van der Waals surface area (Å²) in [4.78, 5) is 35.8. The van der Waals surface area contributed by atoms with Gasteiger partial charge in [0.1, 0.15) is 11.5 Å². The molecule has 0 saturated carbocycles. The van der Waals surface area contributed by atoms with Crippen LogP contribution >= 0.6 is 0 Å². The average molecular weight is 385 g/mol. The summed E-state index contributed by atoms with van der Waals surface area (Å²) in [5.74, 6) is -0.933.